The number of imide groups is 1. The zero-order valence-electron chi connectivity index (χ0n) is 11.8. The Morgan fingerprint density at radius 2 is 1.76 bits per heavy atom. The molecule has 21 heavy (non-hydrogen) atoms. The molecule has 0 bridgehead atoms. The molecule has 0 unspecified atom stereocenters. The van der Waals surface area contributed by atoms with Crippen LogP contribution in [0.15, 0.2) is 29.3 Å². The first kappa shape index (κ1) is 16.7. The van der Waals surface area contributed by atoms with Gasteiger partial charge in [-0.25, -0.2) is 9.59 Å². The number of amides is 3. The summed E-state index contributed by atoms with van der Waals surface area (Å²) in [6, 6.07) is 4.30. The Morgan fingerprint density at radius 3 is 2.29 bits per heavy atom. The van der Waals surface area contributed by atoms with Gasteiger partial charge in [-0.15, -0.1) is 0 Å². The van der Waals surface area contributed by atoms with E-state index in [2.05, 4.69) is 5.32 Å². The van der Waals surface area contributed by atoms with Gasteiger partial charge in [-0.05, 0) is 32.4 Å². The van der Waals surface area contributed by atoms with Crippen LogP contribution in [0.4, 0.5) is 10.5 Å². The van der Waals surface area contributed by atoms with Crippen molar-refractivity contribution in [2.75, 3.05) is 5.32 Å². The van der Waals surface area contributed by atoms with Crippen molar-refractivity contribution in [3.8, 4) is 0 Å². The van der Waals surface area contributed by atoms with Crippen LogP contribution in [0.1, 0.15) is 19.4 Å². The van der Waals surface area contributed by atoms with Crippen LogP contribution in [0.2, 0.25) is 5.02 Å². The third-order valence-corrected chi connectivity index (χ3v) is 3.23. The molecule has 0 heterocycles. The molecule has 0 spiro atoms. The molecule has 0 saturated heterocycles. The fraction of sp³-hybridized carbons (Fsp3) is 0.214. The highest BCUT2D eigenvalue weighted by atomic mass is 35.5. The lowest BCUT2D eigenvalue weighted by Crippen LogP contribution is -2.35. The molecular weight excluding hydrogens is 296 g/mol. The van der Waals surface area contributed by atoms with Crippen molar-refractivity contribution in [1.29, 1.82) is 0 Å². The fourth-order valence-corrected chi connectivity index (χ4v) is 1.73. The van der Waals surface area contributed by atoms with Gasteiger partial charge in [0.05, 0.1) is 10.7 Å². The highest BCUT2D eigenvalue weighted by Gasteiger charge is 2.16. The molecule has 0 atom stereocenters. The second-order valence-corrected chi connectivity index (χ2v) is 4.80. The van der Waals surface area contributed by atoms with Gasteiger partial charge in [0.2, 0.25) is 0 Å². The summed E-state index contributed by atoms with van der Waals surface area (Å²) >= 11 is 5.95. The monoisotopic (exact) mass is 310 g/mol. The van der Waals surface area contributed by atoms with Crippen LogP contribution in [0, 0.1) is 6.92 Å². The van der Waals surface area contributed by atoms with E-state index in [1.54, 1.807) is 25.1 Å². The SMILES string of the molecule is CC(C(=O)O)=C(C)C(=O)NC(=O)Nc1c(C)cccc1Cl. The number of rotatable bonds is 3. The van der Waals surface area contributed by atoms with Crippen molar-refractivity contribution in [2.45, 2.75) is 20.8 Å². The van der Waals surface area contributed by atoms with E-state index in [-0.39, 0.29) is 11.1 Å². The van der Waals surface area contributed by atoms with Gasteiger partial charge in [0.1, 0.15) is 0 Å². The number of carbonyl (C=O) groups excluding carboxylic acids is 2. The Morgan fingerprint density at radius 1 is 1.14 bits per heavy atom. The zero-order chi connectivity index (χ0) is 16.2. The maximum absolute atomic E-state index is 11.8. The Bertz CT molecular complexity index is 618. The van der Waals surface area contributed by atoms with Crippen LogP contribution in [-0.4, -0.2) is 23.0 Å². The number of benzene rings is 1. The number of nitrogens with one attached hydrogen (secondary N) is 2. The van der Waals surface area contributed by atoms with E-state index in [4.69, 9.17) is 16.7 Å². The lowest BCUT2D eigenvalue weighted by molar-refractivity contribution is -0.133. The second-order valence-electron chi connectivity index (χ2n) is 4.40. The zero-order valence-corrected chi connectivity index (χ0v) is 12.5. The summed E-state index contributed by atoms with van der Waals surface area (Å²) in [4.78, 5) is 34.2. The normalized spacial score (nSPS) is 11.4. The Hall–Kier alpha value is -2.34. The lowest BCUT2D eigenvalue weighted by Gasteiger charge is -2.11. The molecule has 0 radical (unpaired) electrons. The minimum atomic E-state index is -1.22. The minimum Gasteiger partial charge on any atom is -0.478 e. The molecule has 0 aromatic heterocycles. The van der Waals surface area contributed by atoms with Crippen LogP contribution in [0.5, 0.6) is 0 Å². The van der Waals surface area contributed by atoms with E-state index < -0.39 is 17.9 Å². The number of anilines is 1. The largest absolute Gasteiger partial charge is 0.478 e. The van der Waals surface area contributed by atoms with E-state index in [0.717, 1.165) is 5.56 Å². The fourth-order valence-electron chi connectivity index (χ4n) is 1.46. The van der Waals surface area contributed by atoms with Crippen LogP contribution >= 0.6 is 11.6 Å². The van der Waals surface area contributed by atoms with Gasteiger partial charge in [-0.1, -0.05) is 23.7 Å². The Balaban J connectivity index is 2.82. The summed E-state index contributed by atoms with van der Waals surface area (Å²) < 4.78 is 0. The third-order valence-electron chi connectivity index (χ3n) is 2.91. The number of urea groups is 1. The summed E-state index contributed by atoms with van der Waals surface area (Å²) in [6.07, 6.45) is 0. The van der Waals surface area contributed by atoms with E-state index in [9.17, 15) is 14.4 Å². The van der Waals surface area contributed by atoms with Gasteiger partial charge < -0.3 is 10.4 Å². The topological polar surface area (TPSA) is 95.5 Å². The van der Waals surface area contributed by atoms with Crippen LogP contribution in [0.3, 0.4) is 0 Å². The van der Waals surface area contributed by atoms with Gasteiger partial charge >= 0.3 is 12.0 Å². The van der Waals surface area contributed by atoms with Crippen LogP contribution in [0.25, 0.3) is 0 Å². The molecule has 3 N–H and O–H groups in total. The van der Waals surface area contributed by atoms with Crippen LogP contribution < -0.4 is 10.6 Å². The molecule has 0 saturated carbocycles. The lowest BCUT2D eigenvalue weighted by atomic mass is 10.1. The first-order valence-corrected chi connectivity index (χ1v) is 6.40. The molecule has 6 nitrogen and oxygen atoms in total. The second kappa shape index (κ2) is 6.90. The smallest absolute Gasteiger partial charge is 0.331 e. The number of halogens is 1. The number of para-hydroxylation sites is 1. The quantitative estimate of drug-likeness (QED) is 0.748. The number of aliphatic carboxylic acids is 1. The van der Waals surface area contributed by atoms with Gasteiger partial charge in [0.25, 0.3) is 5.91 Å². The predicted octanol–water partition coefficient (Wildman–Crippen LogP) is 2.72. The van der Waals surface area contributed by atoms with Crippen molar-refractivity contribution in [2.24, 2.45) is 0 Å². The summed E-state index contributed by atoms with van der Waals surface area (Å²) in [5.41, 5.74) is 0.947. The number of carbonyl (C=O) groups is 3. The van der Waals surface area contributed by atoms with Crippen LogP contribution in [-0.2, 0) is 9.59 Å². The number of carboxylic acids is 1. The minimum absolute atomic E-state index is 0.0477. The molecule has 0 aliphatic heterocycles. The summed E-state index contributed by atoms with van der Waals surface area (Å²) in [5.74, 6) is -2.00. The maximum Gasteiger partial charge on any atom is 0.331 e. The molecule has 1 aromatic carbocycles. The number of carboxylic acid groups (broad SMARTS) is 1. The van der Waals surface area contributed by atoms with Crippen molar-refractivity contribution in [1.82, 2.24) is 5.32 Å². The van der Waals surface area contributed by atoms with E-state index in [1.165, 1.54) is 13.8 Å². The summed E-state index contributed by atoms with van der Waals surface area (Å²) in [5, 5.41) is 13.6. The highest BCUT2D eigenvalue weighted by Crippen LogP contribution is 2.24. The molecule has 1 aromatic rings. The molecule has 0 aliphatic carbocycles. The molecule has 3 amide bonds. The average molecular weight is 311 g/mol. The predicted molar refractivity (Wildman–Crippen MR) is 79.4 cm³/mol. The molecular formula is C14H15ClN2O4. The molecule has 112 valence electrons. The molecule has 1 rings (SSSR count). The maximum atomic E-state index is 11.8. The van der Waals surface area contributed by atoms with E-state index in [0.29, 0.717) is 10.7 Å². The van der Waals surface area contributed by atoms with Crippen molar-refractivity contribution in [3.05, 3.63) is 39.9 Å². The van der Waals surface area contributed by atoms with Gasteiger partial charge in [-0.3, -0.25) is 10.1 Å². The highest BCUT2D eigenvalue weighted by molar-refractivity contribution is 6.34. The van der Waals surface area contributed by atoms with Crippen molar-refractivity contribution >= 4 is 35.2 Å². The first-order valence-electron chi connectivity index (χ1n) is 6.02. The molecule has 7 heteroatoms. The summed E-state index contributed by atoms with van der Waals surface area (Å²) in [6.45, 7) is 4.36. The standard InChI is InChI=1S/C14H15ClN2O4/c1-7-5-4-6-10(15)11(7)16-14(21)17-12(18)8(2)9(3)13(19)20/h4-6H,1-3H3,(H,19,20)(H2,16,17,18,21). The number of hydrogen-bond donors (Lipinski definition) is 3. The van der Waals surface area contributed by atoms with Gasteiger partial charge in [0, 0.05) is 11.1 Å². The van der Waals surface area contributed by atoms with E-state index in [1.807, 2.05) is 5.32 Å². The molecule has 0 aliphatic rings. The first-order chi connectivity index (χ1) is 9.73. The average Bonchev–Trinajstić information content (AvgIpc) is 2.41. The Labute approximate surface area is 126 Å². The number of hydrogen-bond acceptors (Lipinski definition) is 3. The number of aryl methyl sites for hydroxylation is 1. The molecule has 0 fully saturated rings. The third kappa shape index (κ3) is 4.32. The Kier molecular flexibility index (Phi) is 5.49. The van der Waals surface area contributed by atoms with Gasteiger partial charge in [-0.2, -0.15) is 0 Å². The van der Waals surface area contributed by atoms with E-state index >= 15 is 0 Å². The van der Waals surface area contributed by atoms with Crippen molar-refractivity contribution in [3.63, 3.8) is 0 Å². The van der Waals surface area contributed by atoms with Gasteiger partial charge in [0.15, 0.2) is 0 Å². The summed E-state index contributed by atoms with van der Waals surface area (Å²) in [7, 11) is 0. The van der Waals surface area contributed by atoms with Crippen molar-refractivity contribution < 1.29 is 19.5 Å².